The molecule has 7 heteroatoms. The van der Waals surface area contributed by atoms with Crippen LogP contribution in [0.15, 0.2) is 55.0 Å². The SMILES string of the molecule is Cc1cc(C)nc(-c2nc(NC(=O)c3cncn3-c3ccccc3)sc2C)c1. The number of nitrogens with zero attached hydrogens (tertiary/aromatic N) is 4. The van der Waals surface area contributed by atoms with Gasteiger partial charge in [-0.1, -0.05) is 18.2 Å². The Balaban J connectivity index is 1.61. The predicted molar refractivity (Wildman–Crippen MR) is 111 cm³/mol. The Morgan fingerprint density at radius 1 is 1.07 bits per heavy atom. The quantitative estimate of drug-likeness (QED) is 0.555. The molecule has 0 unspecified atom stereocenters. The monoisotopic (exact) mass is 389 g/mol. The summed E-state index contributed by atoms with van der Waals surface area (Å²) in [6.45, 7) is 5.98. The number of aromatic nitrogens is 4. The van der Waals surface area contributed by atoms with Crippen LogP contribution >= 0.6 is 11.3 Å². The zero-order valence-electron chi connectivity index (χ0n) is 15.8. The standard InChI is InChI=1S/C21H19N5OS/c1-13-9-14(2)23-17(10-13)19-15(3)28-21(24-19)25-20(27)18-11-22-12-26(18)16-7-5-4-6-8-16/h4-12H,1-3H3,(H,24,25,27). The van der Waals surface area contributed by atoms with Crippen molar-refractivity contribution in [3.05, 3.63) is 76.8 Å². The fraction of sp³-hybridized carbons (Fsp3) is 0.143. The van der Waals surface area contributed by atoms with E-state index < -0.39 is 0 Å². The lowest BCUT2D eigenvalue weighted by Crippen LogP contribution is -2.15. The first-order valence-electron chi connectivity index (χ1n) is 8.83. The molecule has 3 aromatic heterocycles. The predicted octanol–water partition coefficient (Wildman–Crippen LogP) is 4.57. The van der Waals surface area contributed by atoms with Crippen LogP contribution in [0.1, 0.15) is 26.6 Å². The molecule has 0 bridgehead atoms. The minimum absolute atomic E-state index is 0.255. The van der Waals surface area contributed by atoms with E-state index in [0.29, 0.717) is 10.8 Å². The number of carbonyl (C=O) groups is 1. The number of benzene rings is 1. The largest absolute Gasteiger partial charge is 0.296 e. The van der Waals surface area contributed by atoms with E-state index in [9.17, 15) is 4.79 Å². The van der Waals surface area contributed by atoms with Crippen LogP contribution in [-0.4, -0.2) is 25.4 Å². The van der Waals surface area contributed by atoms with E-state index in [4.69, 9.17) is 0 Å². The van der Waals surface area contributed by atoms with Gasteiger partial charge in [-0.2, -0.15) is 0 Å². The minimum Gasteiger partial charge on any atom is -0.296 e. The number of para-hydroxylation sites is 1. The molecular weight excluding hydrogens is 370 g/mol. The van der Waals surface area contributed by atoms with Crippen molar-refractivity contribution >= 4 is 22.4 Å². The highest BCUT2D eigenvalue weighted by Gasteiger charge is 2.17. The number of imidazole rings is 1. The zero-order valence-corrected chi connectivity index (χ0v) is 16.6. The number of hydrogen-bond acceptors (Lipinski definition) is 5. The Kier molecular flexibility index (Phi) is 4.75. The molecule has 0 radical (unpaired) electrons. The van der Waals surface area contributed by atoms with Crippen molar-refractivity contribution in [1.29, 1.82) is 0 Å². The first-order valence-corrected chi connectivity index (χ1v) is 9.65. The van der Waals surface area contributed by atoms with Gasteiger partial charge >= 0.3 is 0 Å². The minimum atomic E-state index is -0.255. The van der Waals surface area contributed by atoms with Crippen LogP contribution in [-0.2, 0) is 0 Å². The number of amides is 1. The molecule has 140 valence electrons. The number of carbonyl (C=O) groups excluding carboxylic acids is 1. The zero-order chi connectivity index (χ0) is 19.7. The van der Waals surface area contributed by atoms with Gasteiger partial charge in [0, 0.05) is 16.3 Å². The summed E-state index contributed by atoms with van der Waals surface area (Å²) in [5.74, 6) is -0.255. The third-order valence-electron chi connectivity index (χ3n) is 4.26. The fourth-order valence-corrected chi connectivity index (χ4v) is 3.89. The molecule has 4 rings (SSSR count). The van der Waals surface area contributed by atoms with Gasteiger partial charge in [0.15, 0.2) is 5.13 Å². The lowest BCUT2D eigenvalue weighted by Gasteiger charge is -2.07. The van der Waals surface area contributed by atoms with Crippen molar-refractivity contribution in [2.75, 3.05) is 5.32 Å². The van der Waals surface area contributed by atoms with E-state index in [1.165, 1.54) is 11.3 Å². The molecule has 0 aliphatic rings. The summed E-state index contributed by atoms with van der Waals surface area (Å²) < 4.78 is 1.75. The smallest absolute Gasteiger partial charge is 0.276 e. The molecule has 3 heterocycles. The van der Waals surface area contributed by atoms with E-state index in [0.717, 1.165) is 33.2 Å². The average Bonchev–Trinajstić information content (AvgIpc) is 3.28. The van der Waals surface area contributed by atoms with E-state index in [1.807, 2.05) is 63.2 Å². The van der Waals surface area contributed by atoms with E-state index in [2.05, 4.69) is 20.3 Å². The summed E-state index contributed by atoms with van der Waals surface area (Å²) in [5.41, 5.74) is 5.02. The second-order valence-electron chi connectivity index (χ2n) is 6.53. The molecule has 0 saturated heterocycles. The molecule has 1 N–H and O–H groups in total. The Hall–Kier alpha value is -3.32. The van der Waals surface area contributed by atoms with E-state index in [-0.39, 0.29) is 5.91 Å². The second kappa shape index (κ2) is 7.36. The van der Waals surface area contributed by atoms with Crippen LogP contribution in [0.4, 0.5) is 5.13 Å². The number of nitrogens with one attached hydrogen (secondary N) is 1. The lowest BCUT2D eigenvalue weighted by molar-refractivity contribution is 0.102. The molecule has 0 spiro atoms. The van der Waals surface area contributed by atoms with Crippen molar-refractivity contribution in [1.82, 2.24) is 19.5 Å². The Morgan fingerprint density at radius 3 is 2.61 bits per heavy atom. The summed E-state index contributed by atoms with van der Waals surface area (Å²) in [5, 5.41) is 3.44. The Morgan fingerprint density at radius 2 is 1.86 bits per heavy atom. The molecule has 6 nitrogen and oxygen atoms in total. The molecule has 1 aromatic carbocycles. The topological polar surface area (TPSA) is 72.7 Å². The van der Waals surface area contributed by atoms with Crippen LogP contribution in [0, 0.1) is 20.8 Å². The van der Waals surface area contributed by atoms with Crippen molar-refractivity contribution in [2.24, 2.45) is 0 Å². The van der Waals surface area contributed by atoms with Gasteiger partial charge in [0.1, 0.15) is 11.4 Å². The normalized spacial score (nSPS) is 10.8. The molecule has 0 atom stereocenters. The highest BCUT2D eigenvalue weighted by Crippen LogP contribution is 2.30. The number of pyridine rings is 1. The number of anilines is 1. The first kappa shape index (κ1) is 18.1. The van der Waals surface area contributed by atoms with Crippen molar-refractivity contribution < 1.29 is 4.79 Å². The van der Waals surface area contributed by atoms with Crippen LogP contribution in [0.2, 0.25) is 0 Å². The summed E-state index contributed by atoms with van der Waals surface area (Å²) in [6, 6.07) is 13.7. The third-order valence-corrected chi connectivity index (χ3v) is 5.15. The third kappa shape index (κ3) is 3.57. The van der Waals surface area contributed by atoms with Crippen LogP contribution in [0.3, 0.4) is 0 Å². The van der Waals surface area contributed by atoms with Crippen LogP contribution < -0.4 is 5.32 Å². The molecule has 0 fully saturated rings. The first-order chi connectivity index (χ1) is 13.5. The number of hydrogen-bond donors (Lipinski definition) is 1. The molecule has 0 aliphatic heterocycles. The number of rotatable bonds is 4. The van der Waals surface area contributed by atoms with Gasteiger partial charge in [-0.15, -0.1) is 11.3 Å². The molecule has 28 heavy (non-hydrogen) atoms. The maximum atomic E-state index is 12.8. The van der Waals surface area contributed by atoms with Gasteiger partial charge in [0.05, 0.1) is 18.2 Å². The maximum absolute atomic E-state index is 12.8. The van der Waals surface area contributed by atoms with Gasteiger partial charge in [-0.05, 0) is 50.6 Å². The molecule has 0 aliphatic carbocycles. The fourth-order valence-electron chi connectivity index (χ4n) is 3.07. The maximum Gasteiger partial charge on any atom is 0.276 e. The summed E-state index contributed by atoms with van der Waals surface area (Å²) in [4.78, 5) is 27.1. The van der Waals surface area contributed by atoms with E-state index in [1.54, 1.807) is 17.1 Å². The summed E-state index contributed by atoms with van der Waals surface area (Å²) in [6.07, 6.45) is 3.18. The number of thiazole rings is 1. The van der Waals surface area contributed by atoms with Gasteiger partial charge < -0.3 is 0 Å². The van der Waals surface area contributed by atoms with Gasteiger partial charge in [-0.3, -0.25) is 19.7 Å². The average molecular weight is 389 g/mol. The number of aryl methyl sites for hydroxylation is 3. The van der Waals surface area contributed by atoms with Gasteiger partial charge in [-0.25, -0.2) is 9.97 Å². The highest BCUT2D eigenvalue weighted by atomic mass is 32.1. The van der Waals surface area contributed by atoms with Gasteiger partial charge in [0.25, 0.3) is 5.91 Å². The van der Waals surface area contributed by atoms with Crippen LogP contribution in [0.5, 0.6) is 0 Å². The van der Waals surface area contributed by atoms with Crippen molar-refractivity contribution in [3.63, 3.8) is 0 Å². The molecule has 1 amide bonds. The molecule has 0 saturated carbocycles. The summed E-state index contributed by atoms with van der Waals surface area (Å²) in [7, 11) is 0. The molecular formula is C21H19N5OS. The Labute approximate surface area is 166 Å². The second-order valence-corrected chi connectivity index (χ2v) is 7.74. The van der Waals surface area contributed by atoms with Crippen LogP contribution in [0.25, 0.3) is 17.1 Å². The highest BCUT2D eigenvalue weighted by molar-refractivity contribution is 7.16. The van der Waals surface area contributed by atoms with E-state index >= 15 is 0 Å². The van der Waals surface area contributed by atoms with Crippen molar-refractivity contribution in [2.45, 2.75) is 20.8 Å². The van der Waals surface area contributed by atoms with Crippen molar-refractivity contribution in [3.8, 4) is 17.1 Å². The Bertz CT molecular complexity index is 1130. The van der Waals surface area contributed by atoms with Gasteiger partial charge in [0.2, 0.25) is 0 Å². The molecule has 4 aromatic rings. The summed E-state index contributed by atoms with van der Waals surface area (Å²) >= 11 is 1.44. The lowest BCUT2D eigenvalue weighted by atomic mass is 10.2.